The number of hydrogen-bond acceptors (Lipinski definition) is 5. The molecule has 104 valence electrons. The zero-order valence-electron chi connectivity index (χ0n) is 11.0. The molecule has 1 aliphatic rings. The third-order valence-electron chi connectivity index (χ3n) is 3.53. The van der Waals surface area contributed by atoms with E-state index in [0.29, 0.717) is 11.6 Å². The van der Waals surface area contributed by atoms with E-state index in [4.69, 9.17) is 5.11 Å². The topological polar surface area (TPSA) is 95.3 Å². The van der Waals surface area contributed by atoms with Gasteiger partial charge in [0.25, 0.3) is 0 Å². The van der Waals surface area contributed by atoms with Crippen LogP contribution in [-0.2, 0) is 0 Å². The molecule has 0 spiro atoms. The molecule has 1 heterocycles. The molecule has 1 saturated carbocycles. The molecular weight excluding hydrogens is 246 g/mol. The second-order valence-electron chi connectivity index (χ2n) is 5.00. The molecule has 2 atom stereocenters. The van der Waals surface area contributed by atoms with Crippen LogP contribution in [0.25, 0.3) is 0 Å². The number of aromatic nitrogens is 2. The van der Waals surface area contributed by atoms with Crippen molar-refractivity contribution in [1.29, 1.82) is 0 Å². The fraction of sp³-hybridized carbons (Fsp3) is 0.615. The minimum absolute atomic E-state index is 0.00800. The van der Waals surface area contributed by atoms with E-state index in [2.05, 4.69) is 15.3 Å². The predicted octanol–water partition coefficient (Wildman–Crippen LogP) is 1.45. The molecule has 2 unspecified atom stereocenters. The average Bonchev–Trinajstić information content (AvgIpc) is 2.38. The monoisotopic (exact) mass is 265 g/mol. The van der Waals surface area contributed by atoms with E-state index >= 15 is 0 Å². The lowest BCUT2D eigenvalue weighted by molar-refractivity contribution is 0.0690. The Hall–Kier alpha value is -1.69. The summed E-state index contributed by atoms with van der Waals surface area (Å²) in [4.78, 5) is 19.2. The Kier molecular flexibility index (Phi) is 4.31. The molecule has 6 nitrogen and oxygen atoms in total. The van der Waals surface area contributed by atoms with Crippen molar-refractivity contribution in [2.45, 2.75) is 38.6 Å². The number of rotatable bonds is 4. The van der Waals surface area contributed by atoms with Crippen molar-refractivity contribution in [3.63, 3.8) is 0 Å². The van der Waals surface area contributed by atoms with E-state index in [1.807, 2.05) is 0 Å². The van der Waals surface area contributed by atoms with Crippen molar-refractivity contribution in [3.8, 4) is 0 Å². The summed E-state index contributed by atoms with van der Waals surface area (Å²) in [6.45, 7) is 1.87. The van der Waals surface area contributed by atoms with Gasteiger partial charge >= 0.3 is 5.97 Å². The molecule has 2 rings (SSSR count). The molecule has 0 amide bonds. The second-order valence-corrected chi connectivity index (χ2v) is 5.00. The van der Waals surface area contributed by atoms with Crippen LogP contribution >= 0.6 is 0 Å². The van der Waals surface area contributed by atoms with Crippen molar-refractivity contribution in [2.24, 2.45) is 5.92 Å². The number of aryl methyl sites for hydroxylation is 1. The van der Waals surface area contributed by atoms with Gasteiger partial charge in [-0.25, -0.2) is 14.8 Å². The van der Waals surface area contributed by atoms with Gasteiger partial charge in [0.2, 0.25) is 5.95 Å². The first-order valence-electron chi connectivity index (χ1n) is 6.56. The largest absolute Gasteiger partial charge is 0.477 e. The van der Waals surface area contributed by atoms with Crippen molar-refractivity contribution in [1.82, 2.24) is 9.97 Å². The normalized spacial score (nSPS) is 23.1. The number of carboxylic acid groups (broad SMARTS) is 1. The Morgan fingerprint density at radius 1 is 1.42 bits per heavy atom. The number of carbonyl (C=O) groups is 1. The van der Waals surface area contributed by atoms with Crippen LogP contribution in [0.1, 0.15) is 41.9 Å². The van der Waals surface area contributed by atoms with Crippen LogP contribution in [0.4, 0.5) is 5.95 Å². The zero-order chi connectivity index (χ0) is 13.8. The maximum atomic E-state index is 11.0. The number of aromatic carboxylic acids is 1. The van der Waals surface area contributed by atoms with Gasteiger partial charge in [0.1, 0.15) is 0 Å². The molecule has 0 aromatic carbocycles. The number of hydrogen-bond donors (Lipinski definition) is 3. The number of aliphatic hydroxyl groups is 1. The number of anilines is 1. The Bertz CT molecular complexity index is 464. The van der Waals surface area contributed by atoms with E-state index in [-0.39, 0.29) is 24.3 Å². The summed E-state index contributed by atoms with van der Waals surface area (Å²) < 4.78 is 0. The first-order valence-corrected chi connectivity index (χ1v) is 6.56. The molecule has 0 radical (unpaired) electrons. The number of nitrogens with one attached hydrogen (secondary N) is 1. The standard InChI is InChI=1S/C13H19N3O3/c1-8-6-11(12(18)19)16-13(14-8)15-10-5-3-2-4-9(10)7-17/h6,9-10,17H,2-5,7H2,1H3,(H,18,19)(H,14,15,16). The van der Waals surface area contributed by atoms with E-state index < -0.39 is 5.97 Å². The van der Waals surface area contributed by atoms with Crippen LogP contribution in [0, 0.1) is 12.8 Å². The smallest absolute Gasteiger partial charge is 0.354 e. The lowest BCUT2D eigenvalue weighted by Gasteiger charge is -2.30. The van der Waals surface area contributed by atoms with Gasteiger partial charge in [0.15, 0.2) is 5.69 Å². The lowest BCUT2D eigenvalue weighted by Crippen LogP contribution is -2.35. The Morgan fingerprint density at radius 2 is 2.16 bits per heavy atom. The fourth-order valence-corrected chi connectivity index (χ4v) is 2.52. The third-order valence-corrected chi connectivity index (χ3v) is 3.53. The molecule has 19 heavy (non-hydrogen) atoms. The molecular formula is C13H19N3O3. The molecule has 1 fully saturated rings. The first kappa shape index (κ1) is 13.7. The Balaban J connectivity index is 2.15. The van der Waals surface area contributed by atoms with Crippen molar-refractivity contribution in [2.75, 3.05) is 11.9 Å². The number of carboxylic acids is 1. The summed E-state index contributed by atoms with van der Waals surface area (Å²) in [6, 6.07) is 1.56. The van der Waals surface area contributed by atoms with Gasteiger partial charge in [-0.3, -0.25) is 0 Å². The molecule has 1 aliphatic carbocycles. The minimum atomic E-state index is -1.06. The van der Waals surface area contributed by atoms with Gasteiger partial charge in [-0.05, 0) is 25.8 Å². The quantitative estimate of drug-likeness (QED) is 0.762. The first-order chi connectivity index (χ1) is 9.10. The second kappa shape index (κ2) is 5.97. The van der Waals surface area contributed by atoms with Gasteiger partial charge in [0, 0.05) is 24.3 Å². The fourth-order valence-electron chi connectivity index (χ4n) is 2.52. The highest BCUT2D eigenvalue weighted by atomic mass is 16.4. The van der Waals surface area contributed by atoms with Crippen LogP contribution in [-0.4, -0.2) is 38.8 Å². The SMILES string of the molecule is Cc1cc(C(=O)O)nc(NC2CCCCC2CO)n1. The molecule has 0 aliphatic heterocycles. The van der Waals surface area contributed by atoms with Gasteiger partial charge in [-0.1, -0.05) is 12.8 Å². The number of nitrogens with zero attached hydrogens (tertiary/aromatic N) is 2. The van der Waals surface area contributed by atoms with Gasteiger partial charge in [-0.2, -0.15) is 0 Å². The summed E-state index contributed by atoms with van der Waals surface area (Å²) in [5.74, 6) is -0.537. The summed E-state index contributed by atoms with van der Waals surface area (Å²) in [7, 11) is 0. The molecule has 6 heteroatoms. The summed E-state index contributed by atoms with van der Waals surface area (Å²) in [5.41, 5.74) is 0.609. The molecule has 1 aromatic rings. The number of aliphatic hydroxyl groups excluding tert-OH is 1. The van der Waals surface area contributed by atoms with E-state index in [0.717, 1.165) is 25.7 Å². The van der Waals surface area contributed by atoms with Crippen LogP contribution in [0.5, 0.6) is 0 Å². The van der Waals surface area contributed by atoms with Crippen LogP contribution < -0.4 is 5.32 Å². The highest BCUT2D eigenvalue weighted by molar-refractivity contribution is 5.85. The predicted molar refractivity (Wildman–Crippen MR) is 70.2 cm³/mol. The van der Waals surface area contributed by atoms with Crippen molar-refractivity contribution >= 4 is 11.9 Å². The van der Waals surface area contributed by atoms with Crippen LogP contribution in [0.15, 0.2) is 6.07 Å². The molecule has 1 aromatic heterocycles. The van der Waals surface area contributed by atoms with Crippen LogP contribution in [0.3, 0.4) is 0 Å². The van der Waals surface area contributed by atoms with Gasteiger partial charge < -0.3 is 15.5 Å². The lowest BCUT2D eigenvalue weighted by atomic mass is 9.85. The van der Waals surface area contributed by atoms with Crippen LogP contribution in [0.2, 0.25) is 0 Å². The Morgan fingerprint density at radius 3 is 2.84 bits per heavy atom. The highest BCUT2D eigenvalue weighted by Gasteiger charge is 2.25. The van der Waals surface area contributed by atoms with Crippen molar-refractivity contribution < 1.29 is 15.0 Å². The summed E-state index contributed by atoms with van der Waals surface area (Å²) >= 11 is 0. The minimum Gasteiger partial charge on any atom is -0.477 e. The van der Waals surface area contributed by atoms with E-state index in [9.17, 15) is 9.90 Å². The maximum Gasteiger partial charge on any atom is 0.354 e. The molecule has 3 N–H and O–H groups in total. The molecule has 0 saturated heterocycles. The molecule has 0 bridgehead atoms. The van der Waals surface area contributed by atoms with Gasteiger partial charge in [-0.15, -0.1) is 0 Å². The third kappa shape index (κ3) is 3.41. The maximum absolute atomic E-state index is 11.0. The summed E-state index contributed by atoms with van der Waals surface area (Å²) in [5, 5.41) is 21.5. The van der Waals surface area contributed by atoms with E-state index in [1.54, 1.807) is 6.92 Å². The summed E-state index contributed by atoms with van der Waals surface area (Å²) in [6.07, 6.45) is 4.15. The average molecular weight is 265 g/mol. The Labute approximate surface area is 111 Å². The van der Waals surface area contributed by atoms with Gasteiger partial charge in [0.05, 0.1) is 0 Å². The highest BCUT2D eigenvalue weighted by Crippen LogP contribution is 2.26. The zero-order valence-corrected chi connectivity index (χ0v) is 11.0. The van der Waals surface area contributed by atoms with E-state index in [1.165, 1.54) is 6.07 Å². The van der Waals surface area contributed by atoms with Crippen molar-refractivity contribution in [3.05, 3.63) is 17.5 Å².